The molecule has 0 bridgehead atoms. The fourth-order valence-corrected chi connectivity index (χ4v) is 3.58. The lowest BCUT2D eigenvalue weighted by Crippen LogP contribution is -2.46. The molecule has 29 heavy (non-hydrogen) atoms. The fraction of sp³-hybridized carbons (Fsp3) is 0.273. The lowest BCUT2D eigenvalue weighted by molar-refractivity contribution is -0.118. The van der Waals surface area contributed by atoms with E-state index >= 15 is 0 Å². The summed E-state index contributed by atoms with van der Waals surface area (Å²) in [4.78, 5) is 14.3. The van der Waals surface area contributed by atoms with Gasteiger partial charge in [0.05, 0.1) is 18.2 Å². The SMILES string of the molecule is COc1cc([C@H]2NC(=O)C(C#N)=C(S)N2c2cccc(C)c2)ccc1OC(C)C. The number of hydrogen-bond acceptors (Lipinski definition) is 6. The molecule has 0 radical (unpaired) electrons. The highest BCUT2D eigenvalue weighted by Gasteiger charge is 2.34. The molecule has 0 saturated heterocycles. The summed E-state index contributed by atoms with van der Waals surface area (Å²) in [6.45, 7) is 5.86. The first-order valence-corrected chi connectivity index (χ1v) is 9.65. The Morgan fingerprint density at radius 2 is 1.97 bits per heavy atom. The van der Waals surface area contributed by atoms with Gasteiger partial charge < -0.3 is 19.7 Å². The molecule has 2 aromatic rings. The van der Waals surface area contributed by atoms with Crippen molar-refractivity contribution in [3.8, 4) is 17.6 Å². The van der Waals surface area contributed by atoms with Crippen LogP contribution in [0, 0.1) is 18.3 Å². The molecule has 0 fully saturated rings. The third kappa shape index (κ3) is 4.17. The number of carbonyl (C=O) groups excluding carboxylic acids is 1. The predicted octanol–water partition coefficient (Wildman–Crippen LogP) is 4.09. The van der Waals surface area contributed by atoms with Crippen molar-refractivity contribution in [3.05, 3.63) is 64.2 Å². The third-order valence-corrected chi connectivity index (χ3v) is 4.90. The van der Waals surface area contributed by atoms with Crippen LogP contribution in [0.5, 0.6) is 11.5 Å². The number of hydrogen-bond donors (Lipinski definition) is 2. The lowest BCUT2D eigenvalue weighted by Gasteiger charge is -2.38. The normalized spacial score (nSPS) is 16.5. The second-order valence-electron chi connectivity index (χ2n) is 6.97. The van der Waals surface area contributed by atoms with Crippen LogP contribution >= 0.6 is 12.6 Å². The Labute approximate surface area is 176 Å². The molecule has 0 aliphatic carbocycles. The molecule has 7 heteroatoms. The average molecular weight is 410 g/mol. The minimum Gasteiger partial charge on any atom is -0.493 e. The number of benzene rings is 2. The van der Waals surface area contributed by atoms with Gasteiger partial charge in [-0.15, -0.1) is 12.6 Å². The van der Waals surface area contributed by atoms with Crippen molar-refractivity contribution in [1.82, 2.24) is 5.32 Å². The van der Waals surface area contributed by atoms with Crippen LogP contribution in [0.2, 0.25) is 0 Å². The van der Waals surface area contributed by atoms with Crippen molar-refractivity contribution >= 4 is 24.2 Å². The van der Waals surface area contributed by atoms with Crippen LogP contribution < -0.4 is 19.7 Å². The van der Waals surface area contributed by atoms with Gasteiger partial charge in [-0.3, -0.25) is 4.79 Å². The number of rotatable bonds is 5. The summed E-state index contributed by atoms with van der Waals surface area (Å²) in [6, 6.07) is 15.2. The number of thiol groups is 1. The smallest absolute Gasteiger partial charge is 0.266 e. The predicted molar refractivity (Wildman–Crippen MR) is 115 cm³/mol. The molecule has 0 saturated carbocycles. The van der Waals surface area contributed by atoms with Gasteiger partial charge in [-0.25, -0.2) is 0 Å². The van der Waals surface area contributed by atoms with Crippen molar-refractivity contribution < 1.29 is 14.3 Å². The van der Waals surface area contributed by atoms with Gasteiger partial charge in [0.1, 0.15) is 17.8 Å². The number of methoxy groups -OCH3 is 1. The second kappa shape index (κ2) is 8.50. The number of nitrogens with zero attached hydrogens (tertiary/aromatic N) is 2. The molecule has 0 aromatic heterocycles. The maximum absolute atomic E-state index is 12.5. The topological polar surface area (TPSA) is 74.6 Å². The van der Waals surface area contributed by atoms with Gasteiger partial charge in [-0.2, -0.15) is 5.26 Å². The van der Waals surface area contributed by atoms with E-state index in [0.29, 0.717) is 16.5 Å². The van der Waals surface area contributed by atoms with Gasteiger partial charge in [0.15, 0.2) is 11.5 Å². The Hall–Kier alpha value is -3.11. The molecule has 150 valence electrons. The first-order valence-electron chi connectivity index (χ1n) is 9.20. The molecule has 1 amide bonds. The Balaban J connectivity index is 2.12. The zero-order valence-electron chi connectivity index (χ0n) is 16.8. The Morgan fingerprint density at radius 1 is 1.21 bits per heavy atom. The molecule has 1 aliphatic heterocycles. The van der Waals surface area contributed by atoms with Gasteiger partial charge in [-0.1, -0.05) is 18.2 Å². The van der Waals surface area contributed by atoms with Crippen LogP contribution in [0.15, 0.2) is 53.1 Å². The first-order chi connectivity index (χ1) is 13.8. The minimum absolute atomic E-state index is 0.00177. The van der Waals surface area contributed by atoms with E-state index in [-0.39, 0.29) is 11.7 Å². The van der Waals surface area contributed by atoms with Crippen LogP contribution in [0.4, 0.5) is 5.69 Å². The van der Waals surface area contributed by atoms with E-state index in [9.17, 15) is 10.1 Å². The molecule has 0 unspecified atom stereocenters. The molecule has 1 aliphatic rings. The molecular formula is C22H23N3O3S. The lowest BCUT2D eigenvalue weighted by atomic mass is 10.1. The summed E-state index contributed by atoms with van der Waals surface area (Å²) in [6.07, 6.45) is -0.561. The highest BCUT2D eigenvalue weighted by molar-refractivity contribution is 7.84. The first kappa shape index (κ1) is 20.6. The van der Waals surface area contributed by atoms with Gasteiger partial charge in [0, 0.05) is 5.69 Å². The van der Waals surface area contributed by atoms with Gasteiger partial charge in [0.25, 0.3) is 5.91 Å². The number of amides is 1. The molecule has 3 rings (SSSR count). The van der Waals surface area contributed by atoms with E-state index in [2.05, 4.69) is 17.9 Å². The summed E-state index contributed by atoms with van der Waals surface area (Å²) < 4.78 is 11.3. The maximum Gasteiger partial charge on any atom is 0.266 e. The summed E-state index contributed by atoms with van der Waals surface area (Å²) in [7, 11) is 1.57. The van der Waals surface area contributed by atoms with E-state index in [1.807, 2.05) is 74.2 Å². The number of aryl methyl sites for hydroxylation is 1. The summed E-state index contributed by atoms with van der Waals surface area (Å²) >= 11 is 4.53. The van der Waals surface area contributed by atoms with Crippen LogP contribution in [-0.4, -0.2) is 19.1 Å². The molecular weight excluding hydrogens is 386 g/mol. The van der Waals surface area contributed by atoms with E-state index in [1.165, 1.54) is 0 Å². The fourth-order valence-electron chi connectivity index (χ4n) is 3.19. The van der Waals surface area contributed by atoms with Crippen molar-refractivity contribution in [2.45, 2.75) is 33.0 Å². The molecule has 0 spiro atoms. The summed E-state index contributed by atoms with van der Waals surface area (Å²) in [5.41, 5.74) is 2.61. The second-order valence-corrected chi connectivity index (χ2v) is 7.40. The Bertz CT molecular complexity index is 1010. The van der Waals surface area contributed by atoms with Gasteiger partial charge in [-0.05, 0) is 56.2 Å². The van der Waals surface area contributed by atoms with Gasteiger partial charge in [0.2, 0.25) is 0 Å². The van der Waals surface area contributed by atoms with Crippen LogP contribution in [0.1, 0.15) is 31.1 Å². The highest BCUT2D eigenvalue weighted by atomic mass is 32.1. The molecule has 1 atom stereocenters. The standard InChI is InChI=1S/C22H23N3O3S/c1-13(2)28-18-9-8-15(11-19(18)27-4)20-24-21(26)17(12-23)22(29)25(20)16-7-5-6-14(3)10-16/h5-11,13,20,29H,1-4H3,(H,24,26)/t20-/m0/s1. The quantitative estimate of drug-likeness (QED) is 0.728. The van der Waals surface area contributed by atoms with Gasteiger partial charge >= 0.3 is 0 Å². The van der Waals surface area contributed by atoms with Crippen LogP contribution in [0.25, 0.3) is 0 Å². The summed E-state index contributed by atoms with van der Waals surface area (Å²) in [5.74, 6) is 0.716. The summed E-state index contributed by atoms with van der Waals surface area (Å²) in [5, 5.41) is 12.6. The third-order valence-electron chi connectivity index (χ3n) is 4.46. The number of nitriles is 1. The highest BCUT2D eigenvalue weighted by Crippen LogP contribution is 2.38. The molecule has 6 nitrogen and oxygen atoms in total. The number of ether oxygens (including phenoxy) is 2. The van der Waals surface area contributed by atoms with E-state index in [4.69, 9.17) is 9.47 Å². The van der Waals surface area contributed by atoms with E-state index in [1.54, 1.807) is 7.11 Å². The molecule has 2 aromatic carbocycles. The van der Waals surface area contributed by atoms with Crippen molar-refractivity contribution in [2.24, 2.45) is 0 Å². The van der Waals surface area contributed by atoms with Crippen LogP contribution in [0.3, 0.4) is 0 Å². The zero-order valence-corrected chi connectivity index (χ0v) is 17.7. The zero-order chi connectivity index (χ0) is 21.1. The van der Waals surface area contributed by atoms with Crippen LogP contribution in [-0.2, 0) is 4.79 Å². The van der Waals surface area contributed by atoms with Crippen molar-refractivity contribution in [1.29, 1.82) is 5.26 Å². The van der Waals surface area contributed by atoms with E-state index < -0.39 is 12.1 Å². The molecule has 1 heterocycles. The maximum atomic E-state index is 12.5. The number of nitrogens with one attached hydrogen (secondary N) is 1. The van der Waals surface area contributed by atoms with E-state index in [0.717, 1.165) is 16.8 Å². The van der Waals surface area contributed by atoms with Crippen molar-refractivity contribution in [2.75, 3.05) is 12.0 Å². The number of anilines is 1. The Kier molecular flexibility index (Phi) is 6.04. The minimum atomic E-state index is -0.559. The monoisotopic (exact) mass is 409 g/mol. The molecule has 1 N–H and O–H groups in total. The largest absolute Gasteiger partial charge is 0.493 e. The average Bonchev–Trinajstić information content (AvgIpc) is 2.67. The van der Waals surface area contributed by atoms with Crippen molar-refractivity contribution in [3.63, 3.8) is 0 Å². The number of carbonyl (C=O) groups is 1. The Morgan fingerprint density at radius 3 is 2.59 bits per heavy atom.